The van der Waals surface area contributed by atoms with Crippen LogP contribution in [0.5, 0.6) is 0 Å². The summed E-state index contributed by atoms with van der Waals surface area (Å²) >= 11 is 0. The summed E-state index contributed by atoms with van der Waals surface area (Å²) < 4.78 is 23.1. The molecule has 1 aliphatic heterocycles. The lowest BCUT2D eigenvalue weighted by atomic mass is 9.95. The molecule has 1 aromatic carbocycles. The number of nitro benzene ring substituents is 1. The van der Waals surface area contributed by atoms with Crippen molar-refractivity contribution >= 4 is 21.2 Å². The molecule has 1 heterocycles. The summed E-state index contributed by atoms with van der Waals surface area (Å²) in [5.41, 5.74) is 0.389. The summed E-state index contributed by atoms with van der Waals surface area (Å²) in [5, 5.41) is 11.3. The lowest BCUT2D eigenvalue weighted by Gasteiger charge is -2.33. The van der Waals surface area contributed by atoms with E-state index >= 15 is 0 Å². The Bertz CT molecular complexity index is 642. The van der Waals surface area contributed by atoms with E-state index in [1.54, 1.807) is 6.07 Å². The van der Waals surface area contributed by atoms with E-state index in [1.165, 1.54) is 12.1 Å². The molecule has 0 spiro atoms. The van der Waals surface area contributed by atoms with E-state index in [2.05, 4.69) is 6.92 Å². The second-order valence-corrected chi connectivity index (χ2v) is 7.56. The van der Waals surface area contributed by atoms with Crippen LogP contribution in [0, 0.1) is 16.0 Å². The van der Waals surface area contributed by atoms with Crippen LogP contribution in [0.25, 0.3) is 0 Å². The van der Waals surface area contributed by atoms with Gasteiger partial charge in [0.05, 0.1) is 9.82 Å². The van der Waals surface area contributed by atoms with Crippen molar-refractivity contribution in [3.05, 3.63) is 28.3 Å². The molecule has 2 rings (SSSR count). The van der Waals surface area contributed by atoms with Gasteiger partial charge in [-0.2, -0.15) is 0 Å². The van der Waals surface area contributed by atoms with Crippen LogP contribution in [0.3, 0.4) is 0 Å². The fraction of sp³-hybridized carbons (Fsp3) is 0.571. The van der Waals surface area contributed by atoms with E-state index in [-0.39, 0.29) is 10.6 Å². The number of hydrogen-bond donors (Lipinski definition) is 0. The highest BCUT2D eigenvalue weighted by molar-refractivity contribution is 7.90. The van der Waals surface area contributed by atoms with Crippen molar-refractivity contribution in [2.24, 2.45) is 5.92 Å². The van der Waals surface area contributed by atoms with Gasteiger partial charge in [-0.05, 0) is 30.9 Å². The predicted octanol–water partition coefficient (Wildman–Crippen LogP) is 2.62. The molecular weight excluding hydrogens is 292 g/mol. The van der Waals surface area contributed by atoms with Crippen LogP contribution < -0.4 is 4.90 Å². The molecule has 1 aromatic rings. The predicted molar refractivity (Wildman–Crippen MR) is 81.4 cm³/mol. The molecule has 0 radical (unpaired) electrons. The van der Waals surface area contributed by atoms with Gasteiger partial charge < -0.3 is 4.90 Å². The summed E-state index contributed by atoms with van der Waals surface area (Å²) in [7, 11) is -3.44. The molecule has 1 atom stereocenters. The minimum absolute atomic E-state index is 0.0120. The Morgan fingerprint density at radius 3 is 2.71 bits per heavy atom. The maximum atomic E-state index is 11.6. The molecule has 0 aliphatic carbocycles. The summed E-state index contributed by atoms with van der Waals surface area (Å²) in [4.78, 5) is 12.8. The van der Waals surface area contributed by atoms with Gasteiger partial charge in [0.1, 0.15) is 5.69 Å². The number of rotatable bonds is 4. The van der Waals surface area contributed by atoms with Crippen molar-refractivity contribution in [2.75, 3.05) is 24.2 Å². The van der Waals surface area contributed by atoms with E-state index in [1.807, 2.05) is 4.90 Å². The minimum Gasteiger partial charge on any atom is -0.366 e. The number of benzene rings is 1. The van der Waals surface area contributed by atoms with Gasteiger partial charge in [0.2, 0.25) is 0 Å². The zero-order chi connectivity index (χ0) is 15.6. The van der Waals surface area contributed by atoms with E-state index in [4.69, 9.17) is 0 Å². The minimum atomic E-state index is -3.44. The molecule has 1 unspecified atom stereocenters. The molecule has 0 amide bonds. The molecule has 21 heavy (non-hydrogen) atoms. The largest absolute Gasteiger partial charge is 0.366 e. The lowest BCUT2D eigenvalue weighted by Crippen LogP contribution is -2.35. The molecule has 1 saturated heterocycles. The van der Waals surface area contributed by atoms with Gasteiger partial charge in [-0.25, -0.2) is 8.42 Å². The molecule has 7 heteroatoms. The van der Waals surface area contributed by atoms with Gasteiger partial charge in [-0.15, -0.1) is 0 Å². The fourth-order valence-corrected chi connectivity index (χ4v) is 3.41. The van der Waals surface area contributed by atoms with E-state index in [0.717, 1.165) is 38.6 Å². The normalized spacial score (nSPS) is 19.5. The number of nitro groups is 1. The quantitative estimate of drug-likeness (QED) is 0.630. The highest BCUT2D eigenvalue weighted by Crippen LogP contribution is 2.34. The topological polar surface area (TPSA) is 80.5 Å². The van der Waals surface area contributed by atoms with E-state index in [0.29, 0.717) is 11.6 Å². The number of hydrogen-bond acceptors (Lipinski definition) is 5. The zero-order valence-electron chi connectivity index (χ0n) is 12.3. The first-order valence-corrected chi connectivity index (χ1v) is 8.95. The fourth-order valence-electron chi connectivity index (χ4n) is 2.76. The van der Waals surface area contributed by atoms with Crippen LogP contribution >= 0.6 is 0 Å². The van der Waals surface area contributed by atoms with Crippen molar-refractivity contribution in [1.29, 1.82) is 0 Å². The Balaban J connectivity index is 2.41. The highest BCUT2D eigenvalue weighted by atomic mass is 32.2. The zero-order valence-corrected chi connectivity index (χ0v) is 13.1. The van der Waals surface area contributed by atoms with Gasteiger partial charge in [0, 0.05) is 25.4 Å². The lowest BCUT2D eigenvalue weighted by molar-refractivity contribution is -0.384. The Kier molecular flexibility index (Phi) is 4.51. The molecule has 1 fully saturated rings. The Hall–Kier alpha value is -1.63. The molecular formula is C14H20N2O4S. The Morgan fingerprint density at radius 1 is 1.43 bits per heavy atom. The van der Waals surface area contributed by atoms with Gasteiger partial charge in [0.15, 0.2) is 9.84 Å². The SMILES string of the molecule is CCC1CCCN(c2ccc(S(C)(=O)=O)cc2[N+](=O)[O-])C1. The standard InChI is InChI=1S/C14H20N2O4S/c1-3-11-5-4-8-15(10-11)13-7-6-12(21(2,19)20)9-14(13)16(17)18/h6-7,9,11H,3-5,8,10H2,1-2H3. The number of sulfone groups is 1. The third-order valence-electron chi connectivity index (χ3n) is 4.01. The maximum absolute atomic E-state index is 11.6. The monoisotopic (exact) mass is 312 g/mol. The Labute approximate surface area is 124 Å². The first-order valence-electron chi connectivity index (χ1n) is 7.06. The van der Waals surface area contributed by atoms with Crippen LogP contribution in [0.2, 0.25) is 0 Å². The van der Waals surface area contributed by atoms with Gasteiger partial charge in [0.25, 0.3) is 5.69 Å². The van der Waals surface area contributed by atoms with Crippen molar-refractivity contribution in [3.8, 4) is 0 Å². The van der Waals surface area contributed by atoms with Crippen molar-refractivity contribution in [2.45, 2.75) is 31.1 Å². The van der Waals surface area contributed by atoms with E-state index < -0.39 is 14.8 Å². The van der Waals surface area contributed by atoms with Crippen molar-refractivity contribution in [1.82, 2.24) is 0 Å². The van der Waals surface area contributed by atoms with Crippen molar-refractivity contribution < 1.29 is 13.3 Å². The third-order valence-corrected chi connectivity index (χ3v) is 5.12. The van der Waals surface area contributed by atoms with Crippen LogP contribution in [0.4, 0.5) is 11.4 Å². The Morgan fingerprint density at radius 2 is 2.14 bits per heavy atom. The van der Waals surface area contributed by atoms with Crippen LogP contribution in [-0.4, -0.2) is 32.7 Å². The summed E-state index contributed by atoms with van der Waals surface area (Å²) in [5.74, 6) is 0.535. The molecule has 0 N–H and O–H groups in total. The van der Waals surface area contributed by atoms with Crippen LogP contribution in [0.1, 0.15) is 26.2 Å². The van der Waals surface area contributed by atoms with Crippen molar-refractivity contribution in [3.63, 3.8) is 0 Å². The first-order chi connectivity index (χ1) is 9.82. The average molecular weight is 312 g/mol. The summed E-state index contributed by atoms with van der Waals surface area (Å²) in [6.07, 6.45) is 4.25. The van der Waals surface area contributed by atoms with E-state index in [9.17, 15) is 18.5 Å². The number of nitrogens with zero attached hydrogens (tertiary/aromatic N) is 2. The average Bonchev–Trinajstić information content (AvgIpc) is 2.45. The summed E-state index contributed by atoms with van der Waals surface area (Å²) in [6, 6.07) is 4.18. The second kappa shape index (κ2) is 6.01. The van der Waals surface area contributed by atoms with Crippen LogP contribution in [-0.2, 0) is 9.84 Å². The number of anilines is 1. The molecule has 0 saturated carbocycles. The molecule has 6 nitrogen and oxygen atoms in total. The molecule has 1 aliphatic rings. The smallest absolute Gasteiger partial charge is 0.293 e. The van der Waals surface area contributed by atoms with Gasteiger partial charge in [-0.3, -0.25) is 10.1 Å². The number of piperidine rings is 1. The molecule has 0 aromatic heterocycles. The third kappa shape index (κ3) is 3.53. The van der Waals surface area contributed by atoms with Crippen LogP contribution in [0.15, 0.2) is 23.1 Å². The molecule has 116 valence electrons. The first kappa shape index (κ1) is 15.8. The highest BCUT2D eigenvalue weighted by Gasteiger charge is 2.26. The van der Waals surface area contributed by atoms with Gasteiger partial charge >= 0.3 is 0 Å². The second-order valence-electron chi connectivity index (χ2n) is 5.54. The maximum Gasteiger partial charge on any atom is 0.293 e. The van der Waals surface area contributed by atoms with Gasteiger partial charge in [-0.1, -0.05) is 13.3 Å². The summed E-state index contributed by atoms with van der Waals surface area (Å²) in [6.45, 7) is 3.68. The molecule has 0 bridgehead atoms.